The normalized spacial score (nSPS) is 17.7. The van der Waals surface area contributed by atoms with E-state index in [1.165, 1.54) is 30.5 Å². The Kier molecular flexibility index (Phi) is 5.73. The summed E-state index contributed by atoms with van der Waals surface area (Å²) >= 11 is 1.49. The molecule has 1 N–H and O–H groups in total. The van der Waals surface area contributed by atoms with Crippen molar-refractivity contribution in [3.63, 3.8) is 0 Å². The standard InChI is InChI=1S/C23H20N2O5S/c1-29-14-8-9-16(18(12-14)30-2)21(26)19-20(17-7-3-4-10-24-17)25(23(28)22(19)27)13-15-6-5-11-31-15/h3-12,20,26H,13H2,1-2H3/b21-19-. The number of carbonyl (C=O) groups is 2. The number of likely N-dealkylation sites (tertiary alicyclic amines) is 1. The van der Waals surface area contributed by atoms with E-state index < -0.39 is 17.7 Å². The number of nitrogens with zero attached hydrogens (tertiary/aromatic N) is 2. The van der Waals surface area contributed by atoms with E-state index in [0.717, 1.165) is 4.88 Å². The van der Waals surface area contributed by atoms with Gasteiger partial charge in [-0.2, -0.15) is 0 Å². The predicted molar refractivity (Wildman–Crippen MR) is 116 cm³/mol. The maximum atomic E-state index is 13.1. The van der Waals surface area contributed by atoms with Crippen LogP contribution in [-0.2, 0) is 16.1 Å². The Morgan fingerprint density at radius 2 is 1.97 bits per heavy atom. The Labute approximate surface area is 183 Å². The predicted octanol–water partition coefficient (Wildman–Crippen LogP) is 3.78. The number of methoxy groups -OCH3 is 2. The highest BCUT2D eigenvalue weighted by Crippen LogP contribution is 2.41. The average Bonchev–Trinajstić information content (AvgIpc) is 3.41. The first-order valence-electron chi connectivity index (χ1n) is 9.49. The summed E-state index contributed by atoms with van der Waals surface area (Å²) in [5.74, 6) is -0.906. The van der Waals surface area contributed by atoms with Gasteiger partial charge in [-0.05, 0) is 35.7 Å². The molecule has 1 amide bonds. The molecular weight excluding hydrogens is 416 g/mol. The number of hydrogen-bond acceptors (Lipinski definition) is 7. The molecule has 3 aromatic rings. The summed E-state index contributed by atoms with van der Waals surface area (Å²) in [6, 6.07) is 13.1. The molecule has 1 aliphatic rings. The second kappa shape index (κ2) is 8.61. The second-order valence-electron chi connectivity index (χ2n) is 6.83. The van der Waals surface area contributed by atoms with Gasteiger partial charge in [0.1, 0.15) is 23.3 Å². The van der Waals surface area contributed by atoms with E-state index in [9.17, 15) is 14.7 Å². The smallest absolute Gasteiger partial charge is 0.296 e. The largest absolute Gasteiger partial charge is 0.507 e. The molecule has 1 atom stereocenters. The van der Waals surface area contributed by atoms with Crippen LogP contribution in [0.4, 0.5) is 0 Å². The van der Waals surface area contributed by atoms with E-state index >= 15 is 0 Å². The van der Waals surface area contributed by atoms with Crippen LogP contribution in [0.2, 0.25) is 0 Å². The monoisotopic (exact) mass is 436 g/mol. The first-order valence-corrected chi connectivity index (χ1v) is 10.4. The van der Waals surface area contributed by atoms with Crippen molar-refractivity contribution in [1.29, 1.82) is 0 Å². The maximum Gasteiger partial charge on any atom is 0.296 e. The number of benzene rings is 1. The molecule has 1 saturated heterocycles. The zero-order chi connectivity index (χ0) is 22.0. The van der Waals surface area contributed by atoms with Crippen LogP contribution in [0.15, 0.2) is 65.7 Å². The van der Waals surface area contributed by atoms with Crippen LogP contribution < -0.4 is 9.47 Å². The van der Waals surface area contributed by atoms with Gasteiger partial charge < -0.3 is 19.5 Å². The molecule has 1 fully saturated rings. The van der Waals surface area contributed by atoms with Crippen LogP contribution in [-0.4, -0.2) is 40.9 Å². The Hall–Kier alpha value is -3.65. The molecular formula is C23H20N2O5S. The highest BCUT2D eigenvalue weighted by molar-refractivity contribution is 7.09. The summed E-state index contributed by atoms with van der Waals surface area (Å²) in [4.78, 5) is 32.8. The molecule has 0 saturated carbocycles. The number of ether oxygens (including phenoxy) is 2. The molecule has 31 heavy (non-hydrogen) atoms. The number of Topliss-reactive ketones (excluding diaryl/α,β-unsaturated/α-hetero) is 1. The summed E-state index contributed by atoms with van der Waals surface area (Å²) in [5, 5.41) is 13.1. The summed E-state index contributed by atoms with van der Waals surface area (Å²) in [6.45, 7) is 0.236. The number of aliphatic hydroxyl groups is 1. The van der Waals surface area contributed by atoms with Crippen molar-refractivity contribution in [2.45, 2.75) is 12.6 Å². The molecule has 0 bridgehead atoms. The van der Waals surface area contributed by atoms with Crippen molar-refractivity contribution < 1.29 is 24.2 Å². The van der Waals surface area contributed by atoms with Crippen molar-refractivity contribution in [3.05, 3.63) is 81.8 Å². The van der Waals surface area contributed by atoms with Gasteiger partial charge in [0.05, 0.1) is 37.6 Å². The number of ketones is 1. The summed E-state index contributed by atoms with van der Waals surface area (Å²) in [6.07, 6.45) is 1.59. The Morgan fingerprint density at radius 1 is 1.13 bits per heavy atom. The first kappa shape index (κ1) is 20.6. The minimum Gasteiger partial charge on any atom is -0.507 e. The van der Waals surface area contributed by atoms with Crippen LogP contribution in [0.1, 0.15) is 22.2 Å². The lowest BCUT2D eigenvalue weighted by atomic mass is 9.97. The zero-order valence-corrected chi connectivity index (χ0v) is 17.8. The number of hydrogen-bond donors (Lipinski definition) is 1. The van der Waals surface area contributed by atoms with Crippen LogP contribution >= 0.6 is 11.3 Å². The molecule has 2 aromatic heterocycles. The number of aliphatic hydroxyl groups excluding tert-OH is 1. The highest BCUT2D eigenvalue weighted by Gasteiger charge is 2.47. The van der Waals surface area contributed by atoms with Gasteiger partial charge in [-0.3, -0.25) is 14.6 Å². The first-order chi connectivity index (χ1) is 15.0. The van der Waals surface area contributed by atoms with Gasteiger partial charge in [0.2, 0.25) is 0 Å². The third kappa shape index (κ3) is 3.77. The molecule has 0 radical (unpaired) electrons. The van der Waals surface area contributed by atoms with Crippen molar-refractivity contribution in [2.24, 2.45) is 0 Å². The molecule has 0 aliphatic carbocycles. The van der Waals surface area contributed by atoms with E-state index in [2.05, 4.69) is 4.98 Å². The Bertz CT molecular complexity index is 1140. The third-order valence-corrected chi connectivity index (χ3v) is 5.94. The summed E-state index contributed by atoms with van der Waals surface area (Å²) in [5.41, 5.74) is 0.759. The Morgan fingerprint density at radius 3 is 2.61 bits per heavy atom. The van der Waals surface area contributed by atoms with Gasteiger partial charge in [0.25, 0.3) is 11.7 Å². The van der Waals surface area contributed by atoms with Crippen molar-refractivity contribution in [3.8, 4) is 11.5 Å². The highest BCUT2D eigenvalue weighted by atomic mass is 32.1. The van der Waals surface area contributed by atoms with Crippen LogP contribution in [0.5, 0.6) is 11.5 Å². The minimum atomic E-state index is -0.824. The van der Waals surface area contributed by atoms with Crippen molar-refractivity contribution in [1.82, 2.24) is 9.88 Å². The van der Waals surface area contributed by atoms with Crippen molar-refractivity contribution >= 4 is 28.8 Å². The zero-order valence-electron chi connectivity index (χ0n) is 16.9. The SMILES string of the molecule is COc1ccc(/C(O)=C2/C(=O)C(=O)N(Cc3cccs3)C2c2ccccn2)c(OC)c1. The fourth-order valence-electron chi connectivity index (χ4n) is 3.60. The van der Waals surface area contributed by atoms with E-state index in [-0.39, 0.29) is 17.9 Å². The Balaban J connectivity index is 1.88. The topological polar surface area (TPSA) is 89.0 Å². The van der Waals surface area contributed by atoms with Gasteiger partial charge in [0.15, 0.2) is 0 Å². The number of thiophene rings is 1. The van der Waals surface area contributed by atoms with E-state index in [0.29, 0.717) is 22.8 Å². The lowest BCUT2D eigenvalue weighted by Crippen LogP contribution is -2.29. The van der Waals surface area contributed by atoms with Gasteiger partial charge in [-0.25, -0.2) is 0 Å². The van der Waals surface area contributed by atoms with Gasteiger partial charge in [-0.1, -0.05) is 12.1 Å². The summed E-state index contributed by atoms with van der Waals surface area (Å²) in [7, 11) is 2.97. The second-order valence-corrected chi connectivity index (χ2v) is 7.86. The number of amides is 1. The van der Waals surface area contributed by atoms with Crippen LogP contribution in [0, 0.1) is 0 Å². The van der Waals surface area contributed by atoms with Crippen molar-refractivity contribution in [2.75, 3.05) is 14.2 Å². The van der Waals surface area contributed by atoms with E-state index in [4.69, 9.17) is 9.47 Å². The van der Waals surface area contributed by atoms with E-state index in [1.54, 1.807) is 42.6 Å². The molecule has 3 heterocycles. The fourth-order valence-corrected chi connectivity index (χ4v) is 4.30. The van der Waals surface area contributed by atoms with Crippen LogP contribution in [0.25, 0.3) is 5.76 Å². The number of carbonyl (C=O) groups excluding carboxylic acids is 2. The van der Waals surface area contributed by atoms with E-state index in [1.807, 2.05) is 17.5 Å². The van der Waals surface area contributed by atoms with Crippen LogP contribution in [0.3, 0.4) is 0 Å². The molecule has 1 unspecified atom stereocenters. The molecule has 7 nitrogen and oxygen atoms in total. The molecule has 8 heteroatoms. The molecule has 1 aliphatic heterocycles. The number of rotatable bonds is 6. The maximum absolute atomic E-state index is 13.1. The molecule has 158 valence electrons. The molecule has 4 rings (SSSR count). The lowest BCUT2D eigenvalue weighted by Gasteiger charge is -2.24. The quantitative estimate of drug-likeness (QED) is 0.359. The number of aromatic nitrogens is 1. The molecule has 0 spiro atoms. The summed E-state index contributed by atoms with van der Waals surface area (Å²) < 4.78 is 10.6. The average molecular weight is 436 g/mol. The van der Waals surface area contributed by atoms with Gasteiger partial charge >= 0.3 is 0 Å². The third-order valence-electron chi connectivity index (χ3n) is 5.08. The van der Waals surface area contributed by atoms with Gasteiger partial charge in [0, 0.05) is 17.1 Å². The van der Waals surface area contributed by atoms with Gasteiger partial charge in [-0.15, -0.1) is 11.3 Å². The molecule has 1 aromatic carbocycles. The number of pyridine rings is 1. The minimum absolute atomic E-state index is 0.0243. The fraction of sp³-hybridized carbons (Fsp3) is 0.174. The lowest BCUT2D eigenvalue weighted by molar-refractivity contribution is -0.140.